The molecule has 2 rings (SSSR count). The first-order chi connectivity index (χ1) is 11.3. The molecule has 0 aliphatic rings. The number of hydrogen-bond donors (Lipinski definition) is 3. The number of anilines is 1. The Hall–Kier alpha value is -2.53. The number of carbonyl (C=O) groups excluding carboxylic acids is 2. The SMILES string of the molecule is CC(C)Cc1ccc(O)c(C(=O)Nc2ccc(C(N)=O)cc2Cl)c1. The number of carbonyl (C=O) groups is 2. The van der Waals surface area contributed by atoms with Gasteiger partial charge < -0.3 is 16.2 Å². The van der Waals surface area contributed by atoms with Crippen molar-refractivity contribution in [2.75, 3.05) is 5.32 Å². The van der Waals surface area contributed by atoms with Gasteiger partial charge in [0, 0.05) is 5.56 Å². The monoisotopic (exact) mass is 346 g/mol. The number of primary amides is 1. The van der Waals surface area contributed by atoms with Crippen LogP contribution in [-0.2, 0) is 6.42 Å². The molecule has 2 aromatic carbocycles. The van der Waals surface area contributed by atoms with Crippen LogP contribution in [0.3, 0.4) is 0 Å². The predicted molar refractivity (Wildman–Crippen MR) is 94.6 cm³/mol. The number of amides is 2. The van der Waals surface area contributed by atoms with Gasteiger partial charge in [-0.05, 0) is 48.2 Å². The van der Waals surface area contributed by atoms with E-state index in [1.54, 1.807) is 12.1 Å². The topological polar surface area (TPSA) is 92.4 Å². The van der Waals surface area contributed by atoms with Crippen LogP contribution in [-0.4, -0.2) is 16.9 Å². The minimum Gasteiger partial charge on any atom is -0.507 e. The van der Waals surface area contributed by atoms with Gasteiger partial charge in [-0.15, -0.1) is 0 Å². The first kappa shape index (κ1) is 17.8. The van der Waals surface area contributed by atoms with Crippen LogP contribution in [0.15, 0.2) is 36.4 Å². The van der Waals surface area contributed by atoms with Crippen LogP contribution in [0.5, 0.6) is 5.75 Å². The van der Waals surface area contributed by atoms with Crippen molar-refractivity contribution < 1.29 is 14.7 Å². The van der Waals surface area contributed by atoms with E-state index in [4.69, 9.17) is 17.3 Å². The van der Waals surface area contributed by atoms with E-state index in [1.165, 1.54) is 24.3 Å². The molecule has 0 bridgehead atoms. The lowest BCUT2D eigenvalue weighted by Crippen LogP contribution is -2.14. The highest BCUT2D eigenvalue weighted by Gasteiger charge is 2.15. The molecule has 0 spiro atoms. The number of nitrogens with two attached hydrogens (primary N) is 1. The highest BCUT2D eigenvalue weighted by atomic mass is 35.5. The van der Waals surface area contributed by atoms with E-state index < -0.39 is 11.8 Å². The molecule has 0 aliphatic heterocycles. The molecular weight excluding hydrogens is 328 g/mol. The molecule has 6 heteroatoms. The van der Waals surface area contributed by atoms with Gasteiger partial charge in [-0.25, -0.2) is 0 Å². The Morgan fingerprint density at radius 2 is 1.92 bits per heavy atom. The van der Waals surface area contributed by atoms with Gasteiger partial charge in [0.15, 0.2) is 0 Å². The van der Waals surface area contributed by atoms with E-state index in [9.17, 15) is 14.7 Å². The molecule has 2 amide bonds. The molecule has 0 saturated carbocycles. The van der Waals surface area contributed by atoms with E-state index in [0.29, 0.717) is 11.6 Å². The zero-order valence-corrected chi connectivity index (χ0v) is 14.2. The normalized spacial score (nSPS) is 10.7. The average Bonchev–Trinajstić information content (AvgIpc) is 2.50. The minimum atomic E-state index is -0.603. The number of benzene rings is 2. The maximum atomic E-state index is 12.4. The second-order valence-electron chi connectivity index (χ2n) is 5.96. The summed E-state index contributed by atoms with van der Waals surface area (Å²) in [6.45, 7) is 4.15. The van der Waals surface area contributed by atoms with Gasteiger partial charge in [-0.3, -0.25) is 9.59 Å². The predicted octanol–water partition coefficient (Wildman–Crippen LogP) is 3.60. The van der Waals surface area contributed by atoms with Crippen molar-refractivity contribution in [3.05, 3.63) is 58.1 Å². The lowest BCUT2D eigenvalue weighted by Gasteiger charge is -2.11. The van der Waals surface area contributed by atoms with Gasteiger partial charge in [0.1, 0.15) is 5.75 Å². The van der Waals surface area contributed by atoms with Crippen LogP contribution < -0.4 is 11.1 Å². The first-order valence-corrected chi connectivity index (χ1v) is 7.88. The molecule has 0 fully saturated rings. The molecule has 0 aromatic heterocycles. The number of nitrogens with one attached hydrogen (secondary N) is 1. The van der Waals surface area contributed by atoms with E-state index >= 15 is 0 Å². The van der Waals surface area contributed by atoms with E-state index in [1.807, 2.05) is 0 Å². The average molecular weight is 347 g/mol. The Kier molecular flexibility index (Phi) is 5.46. The molecule has 0 heterocycles. The van der Waals surface area contributed by atoms with E-state index in [2.05, 4.69) is 19.2 Å². The van der Waals surface area contributed by atoms with Crippen LogP contribution in [0, 0.1) is 5.92 Å². The van der Waals surface area contributed by atoms with E-state index in [0.717, 1.165) is 12.0 Å². The van der Waals surface area contributed by atoms with Crippen LogP contribution in [0.2, 0.25) is 5.02 Å². The van der Waals surface area contributed by atoms with Crippen molar-refractivity contribution in [1.29, 1.82) is 0 Å². The molecule has 0 radical (unpaired) electrons. The van der Waals surface area contributed by atoms with Gasteiger partial charge >= 0.3 is 0 Å². The van der Waals surface area contributed by atoms with Crippen LogP contribution in [0.1, 0.15) is 40.1 Å². The fourth-order valence-corrected chi connectivity index (χ4v) is 2.55. The number of rotatable bonds is 5. The Bertz CT molecular complexity index is 788. The van der Waals surface area contributed by atoms with Crippen LogP contribution in [0.4, 0.5) is 5.69 Å². The molecule has 4 N–H and O–H groups in total. The molecule has 24 heavy (non-hydrogen) atoms. The van der Waals surface area contributed by atoms with Crippen molar-refractivity contribution in [1.82, 2.24) is 0 Å². The third-order valence-corrected chi connectivity index (χ3v) is 3.76. The van der Waals surface area contributed by atoms with Crippen molar-refractivity contribution in [2.45, 2.75) is 20.3 Å². The number of phenols is 1. The number of phenolic OH excluding ortho intramolecular Hbond substituents is 1. The fraction of sp³-hybridized carbons (Fsp3) is 0.222. The Morgan fingerprint density at radius 1 is 1.21 bits per heavy atom. The second-order valence-corrected chi connectivity index (χ2v) is 6.37. The number of hydrogen-bond acceptors (Lipinski definition) is 3. The standard InChI is InChI=1S/C18H19ClN2O3/c1-10(2)7-11-3-6-16(22)13(8-11)18(24)21-15-5-4-12(17(20)23)9-14(15)19/h3-6,8-10,22H,7H2,1-2H3,(H2,20,23)(H,21,24). The van der Waals surface area contributed by atoms with Gasteiger partial charge in [-0.1, -0.05) is 31.5 Å². The summed E-state index contributed by atoms with van der Waals surface area (Å²) in [5.41, 5.74) is 6.90. The van der Waals surface area contributed by atoms with Crippen molar-refractivity contribution >= 4 is 29.1 Å². The smallest absolute Gasteiger partial charge is 0.259 e. The maximum absolute atomic E-state index is 12.4. The van der Waals surface area contributed by atoms with Gasteiger partial charge in [0.2, 0.25) is 5.91 Å². The summed E-state index contributed by atoms with van der Waals surface area (Å²) in [5.74, 6) is -0.758. The van der Waals surface area contributed by atoms with E-state index in [-0.39, 0.29) is 21.9 Å². The molecule has 0 saturated heterocycles. The highest BCUT2D eigenvalue weighted by Crippen LogP contribution is 2.26. The number of halogens is 1. The molecule has 0 aliphatic carbocycles. The van der Waals surface area contributed by atoms with Crippen molar-refractivity contribution in [2.24, 2.45) is 11.7 Å². The summed E-state index contributed by atoms with van der Waals surface area (Å²) >= 11 is 6.06. The fourth-order valence-electron chi connectivity index (χ4n) is 2.32. The Labute approximate surface area is 145 Å². The Morgan fingerprint density at radius 3 is 2.50 bits per heavy atom. The lowest BCUT2D eigenvalue weighted by atomic mass is 10.00. The quantitative estimate of drug-likeness (QED) is 0.772. The summed E-state index contributed by atoms with van der Waals surface area (Å²) in [6.07, 6.45) is 0.800. The molecule has 5 nitrogen and oxygen atoms in total. The minimum absolute atomic E-state index is 0.107. The van der Waals surface area contributed by atoms with Crippen LogP contribution >= 0.6 is 11.6 Å². The second kappa shape index (κ2) is 7.36. The van der Waals surface area contributed by atoms with Crippen LogP contribution in [0.25, 0.3) is 0 Å². The molecule has 126 valence electrons. The number of aromatic hydroxyl groups is 1. The summed E-state index contributed by atoms with van der Waals surface area (Å²) in [4.78, 5) is 23.5. The van der Waals surface area contributed by atoms with Crippen molar-refractivity contribution in [3.8, 4) is 5.75 Å². The van der Waals surface area contributed by atoms with Gasteiger partial charge in [0.25, 0.3) is 5.91 Å². The lowest BCUT2D eigenvalue weighted by molar-refractivity contribution is 0.0998. The molecule has 0 unspecified atom stereocenters. The molecule has 2 aromatic rings. The third kappa shape index (κ3) is 4.26. The molecule has 0 atom stereocenters. The zero-order valence-electron chi connectivity index (χ0n) is 13.5. The Balaban J connectivity index is 2.25. The summed E-state index contributed by atoms with van der Waals surface area (Å²) in [5, 5.41) is 12.8. The van der Waals surface area contributed by atoms with Gasteiger partial charge in [-0.2, -0.15) is 0 Å². The molecular formula is C18H19ClN2O3. The summed E-state index contributed by atoms with van der Waals surface area (Å²) in [7, 11) is 0. The summed E-state index contributed by atoms with van der Waals surface area (Å²) < 4.78 is 0. The first-order valence-electron chi connectivity index (χ1n) is 7.50. The van der Waals surface area contributed by atoms with Gasteiger partial charge in [0.05, 0.1) is 16.3 Å². The van der Waals surface area contributed by atoms with Crippen molar-refractivity contribution in [3.63, 3.8) is 0 Å². The largest absolute Gasteiger partial charge is 0.507 e. The summed E-state index contributed by atoms with van der Waals surface area (Å²) in [6, 6.07) is 9.31. The maximum Gasteiger partial charge on any atom is 0.259 e. The zero-order chi connectivity index (χ0) is 17.9. The highest BCUT2D eigenvalue weighted by molar-refractivity contribution is 6.34. The third-order valence-electron chi connectivity index (χ3n) is 3.45.